The number of aryl methyl sites for hydroxylation is 2. The molecule has 0 spiro atoms. The molecule has 30 heavy (non-hydrogen) atoms. The third kappa shape index (κ3) is 3.76. The van der Waals surface area contributed by atoms with E-state index in [0.717, 1.165) is 53.5 Å². The Balaban J connectivity index is 1.75. The van der Waals surface area contributed by atoms with E-state index in [1.165, 1.54) is 12.1 Å². The molecule has 2 heterocycles. The summed E-state index contributed by atoms with van der Waals surface area (Å²) in [6, 6.07) is 8.69. The van der Waals surface area contributed by atoms with Crippen molar-refractivity contribution in [2.24, 2.45) is 0 Å². The maximum Gasteiger partial charge on any atom is 0.416 e. The van der Waals surface area contributed by atoms with Crippen molar-refractivity contribution in [2.75, 3.05) is 11.6 Å². The van der Waals surface area contributed by atoms with Crippen LogP contribution in [-0.2, 0) is 19.1 Å². The van der Waals surface area contributed by atoms with Gasteiger partial charge in [-0.1, -0.05) is 19.4 Å². The van der Waals surface area contributed by atoms with Crippen LogP contribution >= 0.6 is 0 Å². The summed E-state index contributed by atoms with van der Waals surface area (Å²) in [6.07, 6.45) is -1.70. The maximum atomic E-state index is 13.1. The van der Waals surface area contributed by atoms with Crippen molar-refractivity contribution >= 4 is 16.7 Å². The van der Waals surface area contributed by atoms with Crippen LogP contribution in [0, 0.1) is 6.92 Å². The Morgan fingerprint density at radius 2 is 1.97 bits per heavy atom. The number of benzene rings is 2. The fourth-order valence-electron chi connectivity index (χ4n) is 3.90. The number of unbranched alkanes of at least 4 members (excludes halogenated alkanes) is 1. The summed E-state index contributed by atoms with van der Waals surface area (Å²) in [6.45, 7) is 4.44. The van der Waals surface area contributed by atoms with Crippen LogP contribution in [0.2, 0.25) is 0 Å². The molecular weight excluding hydrogens is 395 g/mol. The quantitative estimate of drug-likeness (QED) is 0.502. The van der Waals surface area contributed by atoms with Crippen LogP contribution in [0.5, 0.6) is 5.75 Å². The Hall–Kier alpha value is -2.96. The third-order valence-corrected chi connectivity index (χ3v) is 5.44. The molecule has 0 saturated heterocycles. The van der Waals surface area contributed by atoms with Crippen LogP contribution in [0.25, 0.3) is 11.0 Å². The number of hydrogen-bond donors (Lipinski definition) is 0. The summed E-state index contributed by atoms with van der Waals surface area (Å²) < 4.78 is 50.7. The average Bonchev–Trinajstić information content (AvgIpc) is 2.72. The van der Waals surface area contributed by atoms with E-state index in [-0.39, 0.29) is 6.73 Å². The maximum absolute atomic E-state index is 13.1. The van der Waals surface area contributed by atoms with Crippen molar-refractivity contribution in [2.45, 2.75) is 45.8 Å². The topological polar surface area (TPSA) is 42.7 Å². The minimum atomic E-state index is -4.40. The molecule has 1 aliphatic rings. The van der Waals surface area contributed by atoms with Crippen LogP contribution < -0.4 is 15.3 Å². The number of ether oxygens (including phenoxy) is 1. The molecule has 4 nitrogen and oxygen atoms in total. The first kappa shape index (κ1) is 20.3. The summed E-state index contributed by atoms with van der Waals surface area (Å²) in [5, 5.41) is 0.855. The van der Waals surface area contributed by atoms with Crippen molar-refractivity contribution < 1.29 is 22.3 Å². The van der Waals surface area contributed by atoms with Crippen LogP contribution in [0.3, 0.4) is 0 Å². The van der Waals surface area contributed by atoms with E-state index in [4.69, 9.17) is 9.15 Å². The molecule has 0 radical (unpaired) electrons. The molecular formula is C23H22F3NO3. The molecule has 7 heteroatoms. The zero-order valence-electron chi connectivity index (χ0n) is 16.8. The highest BCUT2D eigenvalue weighted by molar-refractivity contribution is 5.86. The van der Waals surface area contributed by atoms with E-state index in [9.17, 15) is 18.0 Å². The molecule has 0 fully saturated rings. The van der Waals surface area contributed by atoms with Crippen molar-refractivity contribution in [1.29, 1.82) is 0 Å². The Bertz CT molecular complexity index is 1150. The second kappa shape index (κ2) is 7.70. The molecule has 3 aromatic rings. The lowest BCUT2D eigenvalue weighted by molar-refractivity contribution is -0.137. The highest BCUT2D eigenvalue weighted by Gasteiger charge is 2.31. The normalized spacial score (nSPS) is 14.0. The predicted molar refractivity (Wildman–Crippen MR) is 109 cm³/mol. The first-order valence-electron chi connectivity index (χ1n) is 9.92. The highest BCUT2D eigenvalue weighted by atomic mass is 19.4. The highest BCUT2D eigenvalue weighted by Crippen LogP contribution is 2.38. The van der Waals surface area contributed by atoms with Crippen LogP contribution in [0.15, 0.2) is 45.6 Å². The number of hydrogen-bond acceptors (Lipinski definition) is 4. The molecule has 0 N–H and O–H groups in total. The second-order valence-corrected chi connectivity index (χ2v) is 7.58. The fraction of sp³-hybridized carbons (Fsp3) is 0.348. The molecule has 1 aromatic heterocycles. The summed E-state index contributed by atoms with van der Waals surface area (Å²) in [5.74, 6) is 0.626. The van der Waals surface area contributed by atoms with Gasteiger partial charge in [-0.15, -0.1) is 0 Å². The van der Waals surface area contributed by atoms with Gasteiger partial charge in [0, 0.05) is 34.8 Å². The fourth-order valence-corrected chi connectivity index (χ4v) is 3.90. The lowest BCUT2D eigenvalue weighted by Crippen LogP contribution is -2.32. The van der Waals surface area contributed by atoms with E-state index in [2.05, 4.69) is 6.92 Å². The number of alkyl halides is 3. The van der Waals surface area contributed by atoms with Gasteiger partial charge >= 0.3 is 11.8 Å². The van der Waals surface area contributed by atoms with Gasteiger partial charge in [0.15, 0.2) is 6.73 Å². The summed E-state index contributed by atoms with van der Waals surface area (Å²) in [4.78, 5) is 13.8. The molecule has 0 amide bonds. The summed E-state index contributed by atoms with van der Waals surface area (Å²) in [5.41, 5.74) is 2.39. The zero-order chi connectivity index (χ0) is 21.5. The Morgan fingerprint density at radius 1 is 1.17 bits per heavy atom. The van der Waals surface area contributed by atoms with Gasteiger partial charge in [0.05, 0.1) is 5.56 Å². The van der Waals surface area contributed by atoms with Gasteiger partial charge in [-0.25, -0.2) is 4.79 Å². The average molecular weight is 417 g/mol. The first-order valence-corrected chi connectivity index (χ1v) is 9.92. The number of anilines is 1. The zero-order valence-corrected chi connectivity index (χ0v) is 16.8. The van der Waals surface area contributed by atoms with Gasteiger partial charge in [0.25, 0.3) is 0 Å². The van der Waals surface area contributed by atoms with Crippen molar-refractivity contribution in [3.05, 3.63) is 69.1 Å². The molecule has 4 rings (SSSR count). The molecule has 0 aliphatic carbocycles. The van der Waals surface area contributed by atoms with Gasteiger partial charge in [0.1, 0.15) is 11.3 Å². The minimum absolute atomic E-state index is 0.112. The first-order chi connectivity index (χ1) is 14.3. The van der Waals surface area contributed by atoms with E-state index in [0.29, 0.717) is 23.6 Å². The minimum Gasteiger partial charge on any atom is -0.472 e. The molecule has 158 valence electrons. The Labute approximate surface area is 171 Å². The van der Waals surface area contributed by atoms with Gasteiger partial charge in [-0.3, -0.25) is 0 Å². The van der Waals surface area contributed by atoms with Crippen molar-refractivity contribution in [1.82, 2.24) is 0 Å². The molecule has 0 unspecified atom stereocenters. The molecule has 0 bridgehead atoms. The van der Waals surface area contributed by atoms with Gasteiger partial charge in [-0.05, 0) is 49.6 Å². The van der Waals surface area contributed by atoms with Crippen LogP contribution in [0.1, 0.15) is 42.0 Å². The largest absolute Gasteiger partial charge is 0.472 e. The van der Waals surface area contributed by atoms with Gasteiger partial charge in [0.2, 0.25) is 0 Å². The van der Waals surface area contributed by atoms with Crippen LogP contribution in [-0.4, -0.2) is 6.73 Å². The van der Waals surface area contributed by atoms with Crippen molar-refractivity contribution in [3.63, 3.8) is 0 Å². The molecule has 0 atom stereocenters. The standard InChI is InChI=1S/C23H22F3NO3/c1-3-4-6-15-10-20(28)30-22-14(2)21-16(9-19(15)22)12-27(13-29-21)18-8-5-7-17(11-18)23(24,25)26/h5,7-11H,3-4,6,12-13H2,1-2H3. The van der Waals surface area contributed by atoms with E-state index < -0.39 is 17.4 Å². The molecule has 1 aliphatic heterocycles. The third-order valence-electron chi connectivity index (χ3n) is 5.44. The predicted octanol–water partition coefficient (Wildman–Crippen LogP) is 5.82. The van der Waals surface area contributed by atoms with Crippen LogP contribution in [0.4, 0.5) is 18.9 Å². The molecule has 0 saturated carbocycles. The van der Waals surface area contributed by atoms with Crippen molar-refractivity contribution in [3.8, 4) is 5.75 Å². The Morgan fingerprint density at radius 3 is 2.70 bits per heavy atom. The molecule has 2 aromatic carbocycles. The van der Waals surface area contributed by atoms with E-state index in [1.807, 2.05) is 13.0 Å². The summed E-state index contributed by atoms with van der Waals surface area (Å²) >= 11 is 0. The van der Waals surface area contributed by atoms with Gasteiger partial charge < -0.3 is 14.1 Å². The monoisotopic (exact) mass is 417 g/mol. The van der Waals surface area contributed by atoms with E-state index in [1.54, 1.807) is 11.0 Å². The summed E-state index contributed by atoms with van der Waals surface area (Å²) in [7, 11) is 0. The number of nitrogens with zero attached hydrogens (tertiary/aromatic N) is 1. The lowest BCUT2D eigenvalue weighted by Gasteiger charge is -2.32. The Kier molecular flexibility index (Phi) is 5.22. The number of rotatable bonds is 4. The number of halogens is 3. The second-order valence-electron chi connectivity index (χ2n) is 7.58. The van der Waals surface area contributed by atoms with E-state index >= 15 is 0 Å². The smallest absolute Gasteiger partial charge is 0.416 e. The SMILES string of the molecule is CCCCc1cc(=O)oc2c(C)c3c(cc12)CN(c1cccc(C(F)(F)F)c1)CO3. The lowest BCUT2D eigenvalue weighted by atomic mass is 9.98. The van der Waals surface area contributed by atoms with Gasteiger partial charge in [-0.2, -0.15) is 13.2 Å². The number of fused-ring (bicyclic) bond motifs is 2.